The van der Waals surface area contributed by atoms with Crippen molar-refractivity contribution in [2.45, 2.75) is 50.8 Å². The van der Waals surface area contributed by atoms with Gasteiger partial charge in [-0.05, 0) is 25.8 Å². The molecule has 1 unspecified atom stereocenters. The lowest BCUT2D eigenvalue weighted by atomic mass is 9.93. The Bertz CT molecular complexity index is 304. The molecule has 2 N–H and O–H groups in total. The van der Waals surface area contributed by atoms with Crippen molar-refractivity contribution in [2.75, 3.05) is 7.11 Å². The standard InChI is InChI=1S/C12H21N3O/c1-10(12(16-2)6-3-4-7-12)13-9-11-5-8-14-15-11/h5,8,10,13H,3-4,6-7,9H2,1-2H3,(H,14,15). The van der Waals surface area contributed by atoms with Crippen LogP contribution >= 0.6 is 0 Å². The zero-order valence-electron chi connectivity index (χ0n) is 10.1. The molecule has 1 aliphatic rings. The Morgan fingerprint density at radius 1 is 1.56 bits per heavy atom. The summed E-state index contributed by atoms with van der Waals surface area (Å²) in [6, 6.07) is 2.37. The summed E-state index contributed by atoms with van der Waals surface area (Å²) >= 11 is 0. The Morgan fingerprint density at radius 3 is 2.88 bits per heavy atom. The van der Waals surface area contributed by atoms with Crippen LogP contribution in [-0.4, -0.2) is 29.0 Å². The average Bonchev–Trinajstić information content (AvgIpc) is 2.97. The monoisotopic (exact) mass is 223 g/mol. The number of H-pyrrole nitrogens is 1. The maximum Gasteiger partial charge on any atom is 0.0828 e. The molecule has 4 nitrogen and oxygen atoms in total. The molecular formula is C12H21N3O. The van der Waals surface area contributed by atoms with Crippen LogP contribution in [0.5, 0.6) is 0 Å². The molecule has 1 fully saturated rings. The van der Waals surface area contributed by atoms with Gasteiger partial charge in [-0.15, -0.1) is 0 Å². The van der Waals surface area contributed by atoms with Gasteiger partial charge < -0.3 is 10.1 Å². The summed E-state index contributed by atoms with van der Waals surface area (Å²) in [7, 11) is 1.83. The first-order valence-electron chi connectivity index (χ1n) is 6.04. The molecule has 0 spiro atoms. The summed E-state index contributed by atoms with van der Waals surface area (Å²) in [5, 5.41) is 10.4. The van der Waals surface area contributed by atoms with E-state index in [0.29, 0.717) is 6.04 Å². The van der Waals surface area contributed by atoms with E-state index in [4.69, 9.17) is 4.74 Å². The third-order valence-electron chi connectivity index (χ3n) is 3.80. The first-order valence-corrected chi connectivity index (χ1v) is 6.04. The Balaban J connectivity index is 1.89. The second kappa shape index (κ2) is 4.97. The minimum atomic E-state index is 0.0417. The second-order valence-electron chi connectivity index (χ2n) is 4.66. The van der Waals surface area contributed by atoms with Crippen LogP contribution in [-0.2, 0) is 11.3 Å². The summed E-state index contributed by atoms with van der Waals surface area (Å²) in [5.41, 5.74) is 1.16. The van der Waals surface area contributed by atoms with E-state index in [2.05, 4.69) is 22.4 Å². The van der Waals surface area contributed by atoms with Gasteiger partial charge in [-0.3, -0.25) is 5.10 Å². The lowest BCUT2D eigenvalue weighted by Crippen LogP contribution is -2.48. The molecule has 0 aliphatic heterocycles. The average molecular weight is 223 g/mol. The van der Waals surface area contributed by atoms with Crippen molar-refractivity contribution in [3.8, 4) is 0 Å². The highest BCUT2D eigenvalue weighted by atomic mass is 16.5. The van der Waals surface area contributed by atoms with Crippen molar-refractivity contribution in [3.63, 3.8) is 0 Å². The molecule has 4 heteroatoms. The molecule has 0 bridgehead atoms. The second-order valence-corrected chi connectivity index (χ2v) is 4.66. The fourth-order valence-corrected chi connectivity index (χ4v) is 2.62. The summed E-state index contributed by atoms with van der Waals surface area (Å²) in [4.78, 5) is 0. The van der Waals surface area contributed by atoms with E-state index in [1.54, 1.807) is 6.20 Å². The number of rotatable bonds is 5. The zero-order chi connectivity index (χ0) is 11.4. The fraction of sp³-hybridized carbons (Fsp3) is 0.750. The van der Waals surface area contributed by atoms with E-state index in [-0.39, 0.29) is 5.60 Å². The SMILES string of the molecule is COC1(C(C)NCc2ccn[nH]2)CCCC1. The number of nitrogens with one attached hydrogen (secondary N) is 2. The summed E-state index contributed by atoms with van der Waals surface area (Å²) < 4.78 is 5.74. The molecule has 1 aliphatic carbocycles. The molecule has 90 valence electrons. The topological polar surface area (TPSA) is 49.9 Å². The number of methoxy groups -OCH3 is 1. The molecule has 1 heterocycles. The molecule has 16 heavy (non-hydrogen) atoms. The molecular weight excluding hydrogens is 202 g/mol. The third kappa shape index (κ3) is 2.28. The van der Waals surface area contributed by atoms with Gasteiger partial charge in [0.25, 0.3) is 0 Å². The van der Waals surface area contributed by atoms with E-state index in [9.17, 15) is 0 Å². The fourth-order valence-electron chi connectivity index (χ4n) is 2.62. The van der Waals surface area contributed by atoms with Crippen LogP contribution in [0, 0.1) is 0 Å². The van der Waals surface area contributed by atoms with Gasteiger partial charge in [0.2, 0.25) is 0 Å². The van der Waals surface area contributed by atoms with Crippen molar-refractivity contribution in [1.82, 2.24) is 15.5 Å². The van der Waals surface area contributed by atoms with E-state index in [1.165, 1.54) is 25.7 Å². The lowest BCUT2D eigenvalue weighted by Gasteiger charge is -2.34. The predicted octanol–water partition coefficient (Wildman–Crippen LogP) is 1.85. The van der Waals surface area contributed by atoms with Gasteiger partial charge in [-0.25, -0.2) is 0 Å². The van der Waals surface area contributed by atoms with Crippen LogP contribution in [0.4, 0.5) is 0 Å². The largest absolute Gasteiger partial charge is 0.377 e. The molecule has 1 aromatic rings. The smallest absolute Gasteiger partial charge is 0.0828 e. The van der Waals surface area contributed by atoms with Crippen LogP contribution in [0.15, 0.2) is 12.3 Å². The number of ether oxygens (including phenoxy) is 1. The Kier molecular flexibility index (Phi) is 3.61. The van der Waals surface area contributed by atoms with Crippen molar-refractivity contribution in [3.05, 3.63) is 18.0 Å². The molecule has 0 saturated heterocycles. The van der Waals surface area contributed by atoms with Crippen LogP contribution in [0.25, 0.3) is 0 Å². The van der Waals surface area contributed by atoms with Crippen molar-refractivity contribution < 1.29 is 4.74 Å². The summed E-state index contributed by atoms with van der Waals surface area (Å²) in [6.07, 6.45) is 6.68. The molecule has 2 rings (SSSR count). The minimum absolute atomic E-state index is 0.0417. The first-order chi connectivity index (χ1) is 7.77. The number of hydrogen-bond donors (Lipinski definition) is 2. The van der Waals surface area contributed by atoms with Gasteiger partial charge in [-0.1, -0.05) is 12.8 Å². The van der Waals surface area contributed by atoms with Crippen LogP contribution in [0.1, 0.15) is 38.3 Å². The predicted molar refractivity (Wildman–Crippen MR) is 63.1 cm³/mol. The molecule has 0 radical (unpaired) electrons. The Morgan fingerprint density at radius 2 is 2.31 bits per heavy atom. The first kappa shape index (κ1) is 11.6. The summed E-state index contributed by atoms with van der Waals surface area (Å²) in [5.74, 6) is 0. The zero-order valence-corrected chi connectivity index (χ0v) is 10.1. The molecule has 1 saturated carbocycles. The normalized spacial score (nSPS) is 21.1. The number of hydrogen-bond acceptors (Lipinski definition) is 3. The van der Waals surface area contributed by atoms with E-state index in [1.807, 2.05) is 13.2 Å². The van der Waals surface area contributed by atoms with Crippen molar-refractivity contribution in [1.29, 1.82) is 0 Å². The molecule has 1 atom stereocenters. The maximum absolute atomic E-state index is 5.74. The van der Waals surface area contributed by atoms with Gasteiger partial charge >= 0.3 is 0 Å². The van der Waals surface area contributed by atoms with Gasteiger partial charge in [-0.2, -0.15) is 5.10 Å². The highest BCUT2D eigenvalue weighted by molar-refractivity contribution is 5.00. The Hall–Kier alpha value is -0.870. The van der Waals surface area contributed by atoms with Crippen LogP contribution in [0.2, 0.25) is 0 Å². The van der Waals surface area contributed by atoms with Crippen LogP contribution in [0.3, 0.4) is 0 Å². The highest BCUT2D eigenvalue weighted by Crippen LogP contribution is 2.35. The summed E-state index contributed by atoms with van der Waals surface area (Å²) in [6.45, 7) is 3.04. The quantitative estimate of drug-likeness (QED) is 0.801. The highest BCUT2D eigenvalue weighted by Gasteiger charge is 2.38. The Labute approximate surface area is 96.8 Å². The number of aromatic nitrogens is 2. The van der Waals surface area contributed by atoms with Gasteiger partial charge in [0.1, 0.15) is 0 Å². The van der Waals surface area contributed by atoms with Gasteiger partial charge in [0.05, 0.1) is 5.60 Å². The lowest BCUT2D eigenvalue weighted by molar-refractivity contribution is -0.0312. The number of nitrogens with zero attached hydrogens (tertiary/aromatic N) is 1. The maximum atomic E-state index is 5.74. The van der Waals surface area contributed by atoms with Crippen molar-refractivity contribution >= 4 is 0 Å². The van der Waals surface area contributed by atoms with E-state index < -0.39 is 0 Å². The minimum Gasteiger partial charge on any atom is -0.377 e. The molecule has 1 aromatic heterocycles. The van der Waals surface area contributed by atoms with Crippen LogP contribution < -0.4 is 5.32 Å². The van der Waals surface area contributed by atoms with Crippen molar-refractivity contribution in [2.24, 2.45) is 0 Å². The van der Waals surface area contributed by atoms with E-state index in [0.717, 1.165) is 12.2 Å². The van der Waals surface area contributed by atoms with Gasteiger partial charge in [0, 0.05) is 31.6 Å². The van der Waals surface area contributed by atoms with Gasteiger partial charge in [0.15, 0.2) is 0 Å². The molecule has 0 amide bonds. The molecule has 0 aromatic carbocycles. The third-order valence-corrected chi connectivity index (χ3v) is 3.80. The number of aromatic amines is 1. The van der Waals surface area contributed by atoms with E-state index >= 15 is 0 Å².